The Kier molecular flexibility index (Phi) is 6.61. The maximum absolute atomic E-state index is 11.4. The molecule has 1 aliphatic heterocycles. The van der Waals surface area contributed by atoms with Gasteiger partial charge in [0, 0.05) is 27.2 Å². The Morgan fingerprint density at radius 3 is 2.32 bits per heavy atom. The smallest absolute Gasteiger partial charge is 0.186 e. The van der Waals surface area contributed by atoms with E-state index >= 15 is 0 Å². The monoisotopic (exact) mass is 318 g/mol. The van der Waals surface area contributed by atoms with E-state index in [0.717, 1.165) is 32.1 Å². The Morgan fingerprint density at radius 2 is 1.73 bits per heavy atom. The number of aliphatic hydroxyl groups is 2. The average Bonchev–Trinajstić information content (AvgIpc) is 2.52. The quantitative estimate of drug-likeness (QED) is 0.808. The van der Waals surface area contributed by atoms with Gasteiger partial charge in [0.1, 0.15) is 11.7 Å². The van der Waals surface area contributed by atoms with E-state index in [1.54, 1.807) is 14.2 Å². The normalized spacial score (nSPS) is 43.8. The van der Waals surface area contributed by atoms with Crippen LogP contribution in [0.15, 0.2) is 0 Å². The lowest BCUT2D eigenvalue weighted by Crippen LogP contribution is -2.70. The van der Waals surface area contributed by atoms with Crippen molar-refractivity contribution in [1.82, 2.24) is 0 Å². The minimum Gasteiger partial charge on any atom is -0.385 e. The Balaban J connectivity index is 2.38. The van der Waals surface area contributed by atoms with Gasteiger partial charge in [-0.1, -0.05) is 25.7 Å². The number of aliphatic hydroxyl groups excluding tert-OH is 1. The van der Waals surface area contributed by atoms with E-state index in [4.69, 9.17) is 18.9 Å². The molecule has 2 aliphatic rings. The summed E-state index contributed by atoms with van der Waals surface area (Å²) in [6.45, 7) is 0.314. The zero-order valence-electron chi connectivity index (χ0n) is 13.9. The van der Waals surface area contributed by atoms with Gasteiger partial charge < -0.3 is 29.2 Å². The summed E-state index contributed by atoms with van der Waals surface area (Å²) in [5, 5.41) is 22.1. The lowest BCUT2D eigenvalue weighted by Gasteiger charge is -2.53. The molecule has 2 N–H and O–H groups in total. The number of rotatable bonds is 4. The van der Waals surface area contributed by atoms with Crippen LogP contribution < -0.4 is 0 Å². The van der Waals surface area contributed by atoms with Crippen LogP contribution in [0.4, 0.5) is 0 Å². The fraction of sp³-hybridized carbons (Fsp3) is 1.00. The third kappa shape index (κ3) is 3.32. The summed E-state index contributed by atoms with van der Waals surface area (Å²) < 4.78 is 22.1. The Morgan fingerprint density at radius 1 is 1.05 bits per heavy atom. The highest BCUT2D eigenvalue weighted by atomic mass is 16.7. The SMILES string of the molecule is COC[C@@H]1[C@@H]2CCCCCC[C@H](OC)[C@]1(O)[C@H](O)[C@H](OC)O2. The molecule has 6 heteroatoms. The van der Waals surface area contributed by atoms with Gasteiger partial charge in [0.15, 0.2) is 6.29 Å². The van der Waals surface area contributed by atoms with Gasteiger partial charge in [0.05, 0.1) is 18.8 Å². The van der Waals surface area contributed by atoms with Crippen LogP contribution in [0.25, 0.3) is 0 Å². The van der Waals surface area contributed by atoms with E-state index in [9.17, 15) is 10.2 Å². The van der Waals surface area contributed by atoms with Crippen molar-refractivity contribution >= 4 is 0 Å². The molecule has 6 nitrogen and oxygen atoms in total. The van der Waals surface area contributed by atoms with Gasteiger partial charge in [0.25, 0.3) is 0 Å². The number of hydrogen-bond donors (Lipinski definition) is 2. The molecular weight excluding hydrogens is 288 g/mol. The van der Waals surface area contributed by atoms with E-state index in [0.29, 0.717) is 13.0 Å². The van der Waals surface area contributed by atoms with Crippen LogP contribution in [-0.2, 0) is 18.9 Å². The molecule has 22 heavy (non-hydrogen) atoms. The summed E-state index contributed by atoms with van der Waals surface area (Å²) in [6, 6.07) is 0. The second kappa shape index (κ2) is 8.04. The first kappa shape index (κ1) is 18.1. The zero-order valence-corrected chi connectivity index (χ0v) is 13.9. The van der Waals surface area contributed by atoms with Crippen LogP contribution in [-0.4, -0.2) is 68.4 Å². The van der Waals surface area contributed by atoms with Crippen LogP contribution in [0.5, 0.6) is 0 Å². The first-order valence-corrected chi connectivity index (χ1v) is 8.20. The van der Waals surface area contributed by atoms with Crippen LogP contribution in [0.1, 0.15) is 38.5 Å². The molecule has 2 fully saturated rings. The molecule has 0 spiro atoms. The Bertz CT molecular complexity index is 339. The summed E-state index contributed by atoms with van der Waals surface area (Å²) in [4.78, 5) is 0. The molecular formula is C16H30O6. The van der Waals surface area contributed by atoms with Crippen molar-refractivity contribution in [2.24, 2.45) is 5.92 Å². The number of hydrogen-bond acceptors (Lipinski definition) is 6. The first-order valence-electron chi connectivity index (χ1n) is 8.20. The average molecular weight is 318 g/mol. The van der Waals surface area contributed by atoms with Gasteiger partial charge in [-0.25, -0.2) is 0 Å². The molecule has 1 saturated heterocycles. The minimum atomic E-state index is -1.44. The molecule has 0 amide bonds. The molecule has 2 bridgehead atoms. The molecule has 1 aliphatic carbocycles. The van der Waals surface area contributed by atoms with Crippen molar-refractivity contribution in [3.8, 4) is 0 Å². The van der Waals surface area contributed by atoms with Crippen LogP contribution >= 0.6 is 0 Å². The van der Waals surface area contributed by atoms with E-state index in [1.165, 1.54) is 7.11 Å². The first-order chi connectivity index (χ1) is 10.6. The van der Waals surface area contributed by atoms with Crippen molar-refractivity contribution < 1.29 is 29.2 Å². The van der Waals surface area contributed by atoms with Crippen LogP contribution in [0, 0.1) is 5.92 Å². The maximum Gasteiger partial charge on any atom is 0.186 e. The maximum atomic E-state index is 11.4. The standard InChI is InChI=1S/C16H30O6/c1-19-10-11-12-8-6-4-5-7-9-13(20-2)16(11,18)14(17)15(21-3)22-12/h11-15,17-18H,4-10H2,1-3H3/t11-,12+,13+,14-,15-,16+/m1/s1. The molecule has 0 aromatic carbocycles. The second-order valence-corrected chi connectivity index (χ2v) is 6.39. The summed E-state index contributed by atoms with van der Waals surface area (Å²) in [6.07, 6.45) is 3.06. The third-order valence-electron chi connectivity index (χ3n) is 5.17. The molecule has 6 atom stereocenters. The zero-order chi connectivity index (χ0) is 16.2. The largest absolute Gasteiger partial charge is 0.385 e. The van der Waals surface area contributed by atoms with Crippen LogP contribution in [0.2, 0.25) is 0 Å². The van der Waals surface area contributed by atoms with Crippen molar-refractivity contribution in [3.63, 3.8) is 0 Å². The highest BCUT2D eigenvalue weighted by molar-refractivity contribution is 5.06. The molecule has 0 aromatic rings. The van der Waals surface area contributed by atoms with Gasteiger partial charge in [-0.3, -0.25) is 0 Å². The lowest BCUT2D eigenvalue weighted by atomic mass is 9.70. The van der Waals surface area contributed by atoms with Gasteiger partial charge in [-0.05, 0) is 12.8 Å². The summed E-state index contributed by atoms with van der Waals surface area (Å²) in [5.41, 5.74) is -1.44. The Hall–Kier alpha value is -0.240. The second-order valence-electron chi connectivity index (χ2n) is 6.39. The predicted octanol–water partition coefficient (Wildman–Crippen LogP) is 1.08. The van der Waals surface area contributed by atoms with Crippen molar-refractivity contribution in [2.45, 2.75) is 68.7 Å². The van der Waals surface area contributed by atoms with Gasteiger partial charge in [0.2, 0.25) is 0 Å². The molecule has 0 unspecified atom stereocenters. The van der Waals surface area contributed by atoms with Gasteiger partial charge in [-0.2, -0.15) is 0 Å². The van der Waals surface area contributed by atoms with Crippen molar-refractivity contribution in [3.05, 3.63) is 0 Å². The molecule has 0 aromatic heterocycles. The van der Waals surface area contributed by atoms with Gasteiger partial charge in [-0.15, -0.1) is 0 Å². The summed E-state index contributed by atoms with van der Waals surface area (Å²) >= 11 is 0. The van der Waals surface area contributed by atoms with E-state index in [1.807, 2.05) is 0 Å². The van der Waals surface area contributed by atoms with E-state index < -0.39 is 24.1 Å². The van der Waals surface area contributed by atoms with E-state index in [2.05, 4.69) is 0 Å². The minimum absolute atomic E-state index is 0.214. The van der Waals surface area contributed by atoms with Crippen molar-refractivity contribution in [2.75, 3.05) is 27.9 Å². The number of ether oxygens (including phenoxy) is 4. The fourth-order valence-electron chi connectivity index (χ4n) is 3.95. The summed E-state index contributed by atoms with van der Waals surface area (Å²) in [7, 11) is 4.66. The van der Waals surface area contributed by atoms with Crippen LogP contribution in [0.3, 0.4) is 0 Å². The molecule has 0 radical (unpaired) electrons. The molecule has 2 rings (SSSR count). The third-order valence-corrected chi connectivity index (χ3v) is 5.17. The Labute approximate surface area is 132 Å². The van der Waals surface area contributed by atoms with Crippen molar-refractivity contribution in [1.29, 1.82) is 0 Å². The summed E-state index contributed by atoms with van der Waals surface area (Å²) in [5.74, 6) is -0.345. The predicted molar refractivity (Wildman–Crippen MR) is 80.5 cm³/mol. The molecule has 1 heterocycles. The highest BCUT2D eigenvalue weighted by Gasteiger charge is 2.59. The lowest BCUT2D eigenvalue weighted by molar-refractivity contribution is -0.337. The highest BCUT2D eigenvalue weighted by Crippen LogP contribution is 2.42. The van der Waals surface area contributed by atoms with Gasteiger partial charge >= 0.3 is 0 Å². The fourth-order valence-corrected chi connectivity index (χ4v) is 3.95. The molecule has 1 saturated carbocycles. The number of fused-ring (bicyclic) bond motifs is 2. The number of methoxy groups -OCH3 is 3. The molecule has 130 valence electrons. The van der Waals surface area contributed by atoms with E-state index in [-0.39, 0.29) is 12.0 Å². The topological polar surface area (TPSA) is 77.4 Å².